The molecule has 2 rings (SSSR count). The van der Waals surface area contributed by atoms with Crippen LogP contribution in [0.1, 0.15) is 18.9 Å². The van der Waals surface area contributed by atoms with Crippen molar-refractivity contribution in [3.05, 3.63) is 65.0 Å². The molecule has 1 nitrogen and oxygen atoms in total. The van der Waals surface area contributed by atoms with E-state index in [-0.39, 0.29) is 28.9 Å². The van der Waals surface area contributed by atoms with Gasteiger partial charge in [0.05, 0.1) is 0 Å². The van der Waals surface area contributed by atoms with Gasteiger partial charge in [-0.1, -0.05) is 20.1 Å². The number of fused-ring (bicyclic) bond motifs is 1. The standard InChI is InChI=1S/C15H12F4O/c1-4-7(2)11(17)14-8(3)5-9-6-10(16)12(18)13(19)15(9)20-14/h6H,2-5H2,1H3/b14-11-. The Bertz CT molecular complexity index is 644. The number of allylic oxidation sites excluding steroid dienone is 3. The van der Waals surface area contributed by atoms with Crippen molar-refractivity contribution in [2.24, 2.45) is 0 Å². The van der Waals surface area contributed by atoms with Gasteiger partial charge >= 0.3 is 0 Å². The molecule has 0 bridgehead atoms. The first-order valence-electron chi connectivity index (χ1n) is 5.97. The van der Waals surface area contributed by atoms with Crippen LogP contribution in [0.4, 0.5) is 17.6 Å². The quantitative estimate of drug-likeness (QED) is 0.563. The van der Waals surface area contributed by atoms with Gasteiger partial charge in [-0.05, 0) is 23.6 Å². The summed E-state index contributed by atoms with van der Waals surface area (Å²) in [7, 11) is 0. The number of hydrogen-bond acceptors (Lipinski definition) is 1. The van der Waals surface area contributed by atoms with Crippen LogP contribution in [-0.2, 0) is 6.42 Å². The molecule has 1 aliphatic heterocycles. The van der Waals surface area contributed by atoms with Crippen molar-refractivity contribution in [2.45, 2.75) is 19.8 Å². The summed E-state index contributed by atoms with van der Waals surface area (Å²) in [5, 5.41) is 0. The number of rotatable bonds is 2. The first-order valence-corrected chi connectivity index (χ1v) is 5.97. The fourth-order valence-electron chi connectivity index (χ4n) is 1.87. The maximum absolute atomic E-state index is 14.0. The van der Waals surface area contributed by atoms with Gasteiger partial charge in [0.25, 0.3) is 0 Å². The lowest BCUT2D eigenvalue weighted by molar-refractivity contribution is 0.345. The van der Waals surface area contributed by atoms with Crippen LogP contribution in [-0.4, -0.2) is 0 Å². The second kappa shape index (κ2) is 5.15. The summed E-state index contributed by atoms with van der Waals surface area (Å²) in [5.74, 6) is -5.99. The van der Waals surface area contributed by atoms with Crippen molar-refractivity contribution < 1.29 is 22.3 Å². The fourth-order valence-corrected chi connectivity index (χ4v) is 1.87. The van der Waals surface area contributed by atoms with Crippen molar-refractivity contribution in [3.63, 3.8) is 0 Å². The normalized spacial score (nSPS) is 16.6. The maximum atomic E-state index is 14.0. The van der Waals surface area contributed by atoms with Crippen LogP contribution < -0.4 is 4.74 Å². The highest BCUT2D eigenvalue weighted by molar-refractivity contribution is 5.50. The minimum atomic E-state index is -1.65. The molecule has 1 heterocycles. The van der Waals surface area contributed by atoms with Gasteiger partial charge < -0.3 is 4.74 Å². The first-order chi connectivity index (χ1) is 9.36. The smallest absolute Gasteiger partial charge is 0.204 e. The topological polar surface area (TPSA) is 9.23 Å². The average molecular weight is 284 g/mol. The van der Waals surface area contributed by atoms with Crippen molar-refractivity contribution in [1.29, 1.82) is 0 Å². The zero-order chi connectivity index (χ0) is 15.0. The Labute approximate surface area is 113 Å². The molecule has 5 heteroatoms. The third kappa shape index (κ3) is 2.24. The summed E-state index contributed by atoms with van der Waals surface area (Å²) in [6.45, 7) is 8.81. The van der Waals surface area contributed by atoms with Gasteiger partial charge in [-0.3, -0.25) is 0 Å². The van der Waals surface area contributed by atoms with Crippen molar-refractivity contribution in [2.75, 3.05) is 0 Å². The molecule has 1 aromatic carbocycles. The molecule has 0 radical (unpaired) electrons. The minimum absolute atomic E-state index is 0.0246. The zero-order valence-electron chi connectivity index (χ0n) is 10.8. The molecule has 0 atom stereocenters. The van der Waals surface area contributed by atoms with Gasteiger partial charge in [-0.25, -0.2) is 13.2 Å². The van der Waals surface area contributed by atoms with Gasteiger partial charge in [0.2, 0.25) is 5.82 Å². The van der Waals surface area contributed by atoms with E-state index in [9.17, 15) is 17.6 Å². The summed E-state index contributed by atoms with van der Waals surface area (Å²) in [5.41, 5.74) is 0.465. The molecular formula is C15H12F4O. The molecule has 0 unspecified atom stereocenters. The summed E-state index contributed by atoms with van der Waals surface area (Å²) in [6, 6.07) is 0.822. The molecule has 1 aromatic rings. The predicted molar refractivity (Wildman–Crippen MR) is 67.4 cm³/mol. The van der Waals surface area contributed by atoms with Crippen molar-refractivity contribution in [3.8, 4) is 5.75 Å². The molecule has 0 saturated carbocycles. The SMILES string of the molecule is C=C(CC)/C(F)=C1/Oc2c(cc(F)c(F)c2F)CC1=C. The molecular weight excluding hydrogens is 272 g/mol. The third-order valence-corrected chi connectivity index (χ3v) is 3.06. The molecule has 0 amide bonds. The largest absolute Gasteiger partial charge is 0.450 e. The van der Waals surface area contributed by atoms with E-state index < -0.39 is 29.0 Å². The lowest BCUT2D eigenvalue weighted by atomic mass is 9.98. The van der Waals surface area contributed by atoms with E-state index in [4.69, 9.17) is 4.74 Å². The van der Waals surface area contributed by atoms with Crippen LogP contribution in [0.25, 0.3) is 0 Å². The Morgan fingerprint density at radius 2 is 1.95 bits per heavy atom. The maximum Gasteiger partial charge on any atom is 0.204 e. The lowest BCUT2D eigenvalue weighted by Crippen LogP contribution is -2.14. The van der Waals surface area contributed by atoms with E-state index >= 15 is 0 Å². The van der Waals surface area contributed by atoms with Crippen LogP contribution in [0.2, 0.25) is 0 Å². The second-order valence-electron chi connectivity index (χ2n) is 4.46. The van der Waals surface area contributed by atoms with E-state index in [1.54, 1.807) is 6.92 Å². The monoisotopic (exact) mass is 284 g/mol. The fraction of sp³-hybridized carbons (Fsp3) is 0.200. The summed E-state index contributed by atoms with van der Waals surface area (Å²) in [6.07, 6.45) is 0.308. The Balaban J connectivity index is 2.56. The van der Waals surface area contributed by atoms with Gasteiger partial charge in [0.1, 0.15) is 0 Å². The molecule has 0 saturated heterocycles. The van der Waals surface area contributed by atoms with Crippen LogP contribution >= 0.6 is 0 Å². The molecule has 0 aliphatic carbocycles. The van der Waals surface area contributed by atoms with Gasteiger partial charge in [-0.15, -0.1) is 0 Å². The highest BCUT2D eigenvalue weighted by Gasteiger charge is 2.28. The molecule has 0 fully saturated rings. The van der Waals surface area contributed by atoms with E-state index in [2.05, 4.69) is 13.2 Å². The number of halogens is 4. The Hall–Kier alpha value is -2.04. The summed E-state index contributed by atoms with van der Waals surface area (Å²) in [4.78, 5) is 0. The van der Waals surface area contributed by atoms with Gasteiger partial charge in [0, 0.05) is 12.0 Å². The predicted octanol–water partition coefficient (Wildman–Crippen LogP) is 4.74. The summed E-state index contributed by atoms with van der Waals surface area (Å²) >= 11 is 0. The van der Waals surface area contributed by atoms with Gasteiger partial charge in [-0.2, -0.15) is 4.39 Å². The number of benzene rings is 1. The zero-order valence-corrected chi connectivity index (χ0v) is 10.8. The van der Waals surface area contributed by atoms with Crippen LogP contribution in [0.15, 0.2) is 42.0 Å². The number of ether oxygens (including phenoxy) is 1. The second-order valence-corrected chi connectivity index (χ2v) is 4.46. The number of hydrogen-bond donors (Lipinski definition) is 0. The van der Waals surface area contributed by atoms with E-state index in [1.165, 1.54) is 0 Å². The molecule has 1 aliphatic rings. The average Bonchev–Trinajstić information content (AvgIpc) is 2.43. The van der Waals surface area contributed by atoms with Crippen LogP contribution in [0.5, 0.6) is 5.75 Å². The van der Waals surface area contributed by atoms with Crippen LogP contribution in [0, 0.1) is 17.5 Å². The lowest BCUT2D eigenvalue weighted by Gasteiger charge is -2.23. The molecule has 0 aromatic heterocycles. The molecule has 0 spiro atoms. The molecule has 106 valence electrons. The Kier molecular flexibility index (Phi) is 3.70. The molecule has 0 N–H and O–H groups in total. The first kappa shape index (κ1) is 14.4. The van der Waals surface area contributed by atoms with Gasteiger partial charge in [0.15, 0.2) is 29.0 Å². The van der Waals surface area contributed by atoms with Crippen LogP contribution in [0.3, 0.4) is 0 Å². The van der Waals surface area contributed by atoms with E-state index in [0.29, 0.717) is 6.42 Å². The van der Waals surface area contributed by atoms with Crippen molar-refractivity contribution in [1.82, 2.24) is 0 Å². The van der Waals surface area contributed by atoms with E-state index in [1.807, 2.05) is 0 Å². The summed E-state index contributed by atoms with van der Waals surface area (Å²) < 4.78 is 59.1. The van der Waals surface area contributed by atoms with E-state index in [0.717, 1.165) is 6.07 Å². The Morgan fingerprint density at radius 1 is 1.30 bits per heavy atom. The third-order valence-electron chi connectivity index (χ3n) is 3.06. The highest BCUT2D eigenvalue weighted by atomic mass is 19.2. The minimum Gasteiger partial charge on any atom is -0.450 e. The molecule has 20 heavy (non-hydrogen) atoms. The highest BCUT2D eigenvalue weighted by Crippen LogP contribution is 2.38. The van der Waals surface area contributed by atoms with Crippen molar-refractivity contribution >= 4 is 0 Å². The Morgan fingerprint density at radius 3 is 2.55 bits per heavy atom.